The van der Waals surface area contributed by atoms with Gasteiger partial charge in [0.15, 0.2) is 5.79 Å². The van der Waals surface area contributed by atoms with Gasteiger partial charge in [-0.3, -0.25) is 0 Å². The number of aliphatic hydroxyl groups is 1. The molecule has 3 heteroatoms. The molecule has 0 aliphatic heterocycles. The lowest BCUT2D eigenvalue weighted by atomic mass is 9.57. The largest absolute Gasteiger partial charge is 0.365 e. The zero-order valence-corrected chi connectivity index (χ0v) is 22.9. The van der Waals surface area contributed by atoms with Gasteiger partial charge in [0, 0.05) is 20.6 Å². The van der Waals surface area contributed by atoms with Crippen LogP contribution in [0.25, 0.3) is 0 Å². The van der Waals surface area contributed by atoms with Crippen molar-refractivity contribution in [2.75, 3.05) is 6.61 Å². The van der Waals surface area contributed by atoms with E-state index in [1.165, 1.54) is 6.42 Å². The predicted molar refractivity (Wildman–Crippen MR) is 128 cm³/mol. The van der Waals surface area contributed by atoms with E-state index >= 15 is 0 Å². The zero-order valence-electron chi connectivity index (χ0n) is 21.9. The molecule has 0 aromatic heterocycles. The van der Waals surface area contributed by atoms with Gasteiger partial charge in [0.2, 0.25) is 0 Å². The molecule has 4 unspecified atom stereocenters. The highest BCUT2D eigenvalue weighted by molar-refractivity contribution is 6.76. The molecule has 0 fully saturated rings. The molecule has 0 radical (unpaired) electrons. The van der Waals surface area contributed by atoms with Crippen molar-refractivity contribution in [1.82, 2.24) is 0 Å². The summed E-state index contributed by atoms with van der Waals surface area (Å²) in [6.07, 6.45) is 2.23. The summed E-state index contributed by atoms with van der Waals surface area (Å²) in [6, 6.07) is 1.09. The van der Waals surface area contributed by atoms with Crippen molar-refractivity contribution in [3.05, 3.63) is 0 Å². The first kappa shape index (κ1) is 28.1. The third kappa shape index (κ3) is 9.30. The van der Waals surface area contributed by atoms with Gasteiger partial charge in [-0.05, 0) is 47.5 Å². The molecule has 0 aliphatic carbocycles. The second-order valence-corrected chi connectivity index (χ2v) is 19.3. The summed E-state index contributed by atoms with van der Waals surface area (Å²) < 4.78 is 6.23. The highest BCUT2D eigenvalue weighted by Crippen LogP contribution is 2.51. The van der Waals surface area contributed by atoms with Gasteiger partial charge in [0.1, 0.15) is 0 Å². The topological polar surface area (TPSA) is 29.5 Å². The molecule has 0 rings (SSSR count). The summed E-state index contributed by atoms with van der Waals surface area (Å²) in [5.74, 6) is -0.127. The maximum Gasteiger partial charge on any atom is 0.166 e. The van der Waals surface area contributed by atoms with E-state index in [1.807, 2.05) is 6.92 Å². The third-order valence-electron chi connectivity index (χ3n) is 6.52. The van der Waals surface area contributed by atoms with Crippen LogP contribution in [0.3, 0.4) is 0 Å². The van der Waals surface area contributed by atoms with Crippen LogP contribution in [0.5, 0.6) is 0 Å². The molecule has 0 saturated heterocycles. The van der Waals surface area contributed by atoms with Crippen molar-refractivity contribution in [3.63, 3.8) is 0 Å². The fourth-order valence-electron chi connectivity index (χ4n) is 5.48. The van der Waals surface area contributed by atoms with Crippen LogP contribution in [0.2, 0.25) is 25.7 Å². The fraction of sp³-hybridized carbons (Fsp3) is 1.00. The number of hydrogen-bond donors (Lipinski definition) is 1. The lowest BCUT2D eigenvalue weighted by Gasteiger charge is -2.51. The van der Waals surface area contributed by atoms with E-state index in [-0.39, 0.29) is 16.7 Å². The molecular formula is C25H54O2Si. The van der Waals surface area contributed by atoms with Gasteiger partial charge in [-0.15, -0.1) is 0 Å². The van der Waals surface area contributed by atoms with Crippen molar-refractivity contribution in [1.29, 1.82) is 0 Å². The second kappa shape index (κ2) is 9.52. The van der Waals surface area contributed by atoms with Gasteiger partial charge >= 0.3 is 0 Å². The monoisotopic (exact) mass is 414 g/mol. The summed E-state index contributed by atoms with van der Waals surface area (Å²) >= 11 is 0. The Hall–Kier alpha value is 0.137. The van der Waals surface area contributed by atoms with Crippen molar-refractivity contribution < 1.29 is 9.84 Å². The highest BCUT2D eigenvalue weighted by Gasteiger charge is 2.49. The van der Waals surface area contributed by atoms with Crippen molar-refractivity contribution in [2.24, 2.45) is 34.0 Å². The van der Waals surface area contributed by atoms with Crippen molar-refractivity contribution >= 4 is 8.07 Å². The molecule has 0 saturated carbocycles. The number of hydrogen-bond acceptors (Lipinski definition) is 2. The molecule has 0 heterocycles. The summed E-state index contributed by atoms with van der Waals surface area (Å²) in [6.45, 7) is 32.9. The van der Waals surface area contributed by atoms with Crippen molar-refractivity contribution in [2.45, 2.75) is 120 Å². The van der Waals surface area contributed by atoms with E-state index in [1.54, 1.807) is 0 Å². The van der Waals surface area contributed by atoms with Crippen molar-refractivity contribution in [3.8, 4) is 0 Å². The molecule has 0 aromatic carbocycles. The Labute approximate surface area is 179 Å². The summed E-state index contributed by atoms with van der Waals surface area (Å²) in [5, 5.41) is 11.5. The highest BCUT2D eigenvalue weighted by atomic mass is 28.3. The van der Waals surface area contributed by atoms with Crippen LogP contribution < -0.4 is 0 Å². The lowest BCUT2D eigenvalue weighted by molar-refractivity contribution is -0.260. The maximum atomic E-state index is 11.5. The van der Waals surface area contributed by atoms with E-state index in [2.05, 4.69) is 88.9 Å². The van der Waals surface area contributed by atoms with E-state index in [0.29, 0.717) is 23.9 Å². The van der Waals surface area contributed by atoms with Gasteiger partial charge in [-0.1, -0.05) is 95.3 Å². The van der Waals surface area contributed by atoms with Gasteiger partial charge in [-0.25, -0.2) is 0 Å². The molecule has 0 amide bonds. The zero-order chi connectivity index (χ0) is 22.8. The van der Waals surface area contributed by atoms with Crippen LogP contribution in [-0.4, -0.2) is 25.6 Å². The van der Waals surface area contributed by atoms with Gasteiger partial charge in [0.05, 0.1) is 0 Å². The average molecular weight is 415 g/mol. The minimum Gasteiger partial charge on any atom is -0.365 e. The Balaban J connectivity index is 5.77. The van der Waals surface area contributed by atoms with E-state index < -0.39 is 13.9 Å². The number of ether oxygens (including phenoxy) is 1. The van der Waals surface area contributed by atoms with Crippen LogP contribution in [0.1, 0.15) is 89.0 Å². The SMILES string of the molecule is CCC(C(C)C(C)(C)CC(C)(C)C)C(C(C)(C)C)C(C)(O)OCC[Si](C)(C)C. The summed E-state index contributed by atoms with van der Waals surface area (Å²) in [7, 11) is -1.19. The normalized spacial score (nSPS) is 19.8. The van der Waals surface area contributed by atoms with Crippen LogP contribution in [0, 0.1) is 34.0 Å². The smallest absolute Gasteiger partial charge is 0.166 e. The molecular weight excluding hydrogens is 360 g/mol. The lowest BCUT2D eigenvalue weighted by Crippen LogP contribution is -2.52. The Kier molecular flexibility index (Phi) is 9.56. The molecule has 170 valence electrons. The molecule has 0 spiro atoms. The van der Waals surface area contributed by atoms with E-state index in [4.69, 9.17) is 4.74 Å². The Morgan fingerprint density at radius 3 is 1.68 bits per heavy atom. The van der Waals surface area contributed by atoms with Crippen LogP contribution in [-0.2, 0) is 4.74 Å². The predicted octanol–water partition coefficient (Wildman–Crippen LogP) is 7.84. The average Bonchev–Trinajstić information content (AvgIpc) is 2.37. The fourth-order valence-corrected chi connectivity index (χ4v) is 6.20. The molecule has 2 nitrogen and oxygen atoms in total. The first-order chi connectivity index (χ1) is 12.1. The summed E-state index contributed by atoms with van der Waals surface area (Å²) in [5.41, 5.74) is 0.468. The molecule has 4 atom stereocenters. The first-order valence-corrected chi connectivity index (χ1v) is 15.2. The van der Waals surface area contributed by atoms with Crippen LogP contribution in [0.4, 0.5) is 0 Å². The van der Waals surface area contributed by atoms with Gasteiger partial charge in [-0.2, -0.15) is 0 Å². The second-order valence-electron chi connectivity index (χ2n) is 13.6. The standard InChI is InChI=1S/C25H54O2Si/c1-15-20(19(2)24(9,10)18-22(3,4)5)21(23(6,7)8)25(11,26)27-16-17-28(12,13)14/h19-21,26H,15-18H2,1-14H3. The molecule has 28 heavy (non-hydrogen) atoms. The molecule has 0 aliphatic rings. The Bertz CT molecular complexity index is 460. The Morgan fingerprint density at radius 2 is 1.36 bits per heavy atom. The summed E-state index contributed by atoms with van der Waals surface area (Å²) in [4.78, 5) is 0. The van der Waals surface area contributed by atoms with Gasteiger partial charge in [0.25, 0.3) is 0 Å². The first-order valence-electron chi connectivity index (χ1n) is 11.5. The third-order valence-corrected chi connectivity index (χ3v) is 8.22. The molecule has 1 N–H and O–H groups in total. The number of rotatable bonds is 10. The minimum absolute atomic E-state index is 0.0323. The minimum atomic E-state index is -1.19. The van der Waals surface area contributed by atoms with E-state index in [0.717, 1.165) is 12.5 Å². The van der Waals surface area contributed by atoms with Crippen LogP contribution >= 0.6 is 0 Å². The van der Waals surface area contributed by atoms with Gasteiger partial charge < -0.3 is 9.84 Å². The quantitative estimate of drug-likeness (QED) is 0.291. The maximum absolute atomic E-state index is 11.5. The molecule has 0 bridgehead atoms. The van der Waals surface area contributed by atoms with Crippen LogP contribution in [0.15, 0.2) is 0 Å². The Morgan fingerprint density at radius 1 is 0.893 bits per heavy atom. The van der Waals surface area contributed by atoms with E-state index in [9.17, 15) is 5.11 Å². The molecule has 0 aromatic rings.